The Morgan fingerprint density at radius 2 is 1.94 bits per heavy atom. The fourth-order valence-electron chi connectivity index (χ4n) is 1.17. The first-order chi connectivity index (χ1) is 7.95. The van der Waals surface area contributed by atoms with E-state index >= 15 is 0 Å². The van der Waals surface area contributed by atoms with Crippen LogP contribution < -0.4 is 4.74 Å². The molecule has 0 spiro atoms. The second kappa shape index (κ2) is 5.96. The van der Waals surface area contributed by atoms with Crippen LogP contribution in [0.1, 0.15) is 12.5 Å². The van der Waals surface area contributed by atoms with Crippen LogP contribution in [0.3, 0.4) is 0 Å². The van der Waals surface area contributed by atoms with Gasteiger partial charge in [-0.1, -0.05) is 12.1 Å². The van der Waals surface area contributed by atoms with E-state index < -0.39 is 13.1 Å². The standard InChI is InChI=1S/C11H15O5P/c1-9(12)17(13,14)16-8-7-10-3-5-11(15-2)6-4-10/h3-6H,7-8H2,1-2H3,(H,13,14). The molecule has 17 heavy (non-hydrogen) atoms. The highest BCUT2D eigenvalue weighted by atomic mass is 31.2. The third-order valence-electron chi connectivity index (χ3n) is 2.21. The molecule has 0 radical (unpaired) electrons. The minimum atomic E-state index is -4.08. The molecule has 0 heterocycles. The van der Waals surface area contributed by atoms with Crippen LogP contribution in [0.15, 0.2) is 24.3 Å². The Morgan fingerprint density at radius 1 is 1.35 bits per heavy atom. The molecule has 1 atom stereocenters. The fraction of sp³-hybridized carbons (Fsp3) is 0.364. The molecule has 0 saturated heterocycles. The van der Waals surface area contributed by atoms with Gasteiger partial charge in [0.1, 0.15) is 5.75 Å². The van der Waals surface area contributed by atoms with Crippen LogP contribution in [0.5, 0.6) is 5.75 Å². The van der Waals surface area contributed by atoms with Gasteiger partial charge < -0.3 is 14.2 Å². The van der Waals surface area contributed by atoms with Gasteiger partial charge in [-0.05, 0) is 24.1 Å². The molecule has 1 N–H and O–H groups in total. The number of methoxy groups -OCH3 is 1. The highest BCUT2D eigenvalue weighted by Crippen LogP contribution is 2.42. The Hall–Kier alpha value is -1.16. The summed E-state index contributed by atoms with van der Waals surface area (Å²) in [4.78, 5) is 19.9. The zero-order valence-corrected chi connectivity index (χ0v) is 10.6. The van der Waals surface area contributed by atoms with Gasteiger partial charge in [0.25, 0.3) is 0 Å². The quantitative estimate of drug-likeness (QED) is 0.790. The number of hydrogen-bond donors (Lipinski definition) is 1. The Morgan fingerprint density at radius 3 is 2.41 bits per heavy atom. The van der Waals surface area contributed by atoms with E-state index in [9.17, 15) is 9.36 Å². The van der Waals surface area contributed by atoms with Gasteiger partial charge in [-0.25, -0.2) is 0 Å². The largest absolute Gasteiger partial charge is 0.497 e. The molecule has 1 rings (SSSR count). The van der Waals surface area contributed by atoms with E-state index in [-0.39, 0.29) is 6.61 Å². The average molecular weight is 258 g/mol. The average Bonchev–Trinajstić information content (AvgIpc) is 2.29. The lowest BCUT2D eigenvalue weighted by atomic mass is 10.1. The van der Waals surface area contributed by atoms with Crippen LogP contribution >= 0.6 is 7.60 Å². The second-order valence-electron chi connectivity index (χ2n) is 3.47. The summed E-state index contributed by atoms with van der Waals surface area (Å²) in [6.45, 7) is 1.06. The topological polar surface area (TPSA) is 72.8 Å². The molecule has 1 unspecified atom stereocenters. The molecule has 94 valence electrons. The highest BCUT2D eigenvalue weighted by Gasteiger charge is 2.25. The van der Waals surface area contributed by atoms with Crippen molar-refractivity contribution >= 4 is 13.1 Å². The summed E-state index contributed by atoms with van der Waals surface area (Å²) in [5.74, 6) is 0.742. The fourth-order valence-corrected chi connectivity index (χ4v) is 1.69. The summed E-state index contributed by atoms with van der Waals surface area (Å²) in [6, 6.07) is 7.24. The molecule has 0 bridgehead atoms. The van der Waals surface area contributed by atoms with Gasteiger partial charge in [0.05, 0.1) is 13.7 Å². The Balaban J connectivity index is 2.46. The van der Waals surface area contributed by atoms with Crippen LogP contribution in [-0.2, 0) is 20.3 Å². The number of hydrogen-bond acceptors (Lipinski definition) is 4. The van der Waals surface area contributed by atoms with Crippen molar-refractivity contribution in [2.45, 2.75) is 13.3 Å². The van der Waals surface area contributed by atoms with Crippen LogP contribution in [0.25, 0.3) is 0 Å². The summed E-state index contributed by atoms with van der Waals surface area (Å²) in [5, 5.41) is 0. The van der Waals surface area contributed by atoms with Crippen molar-refractivity contribution in [2.75, 3.05) is 13.7 Å². The van der Waals surface area contributed by atoms with Crippen molar-refractivity contribution in [1.82, 2.24) is 0 Å². The van der Waals surface area contributed by atoms with Gasteiger partial charge in [0.2, 0.25) is 5.52 Å². The number of carbonyl (C=O) groups is 1. The van der Waals surface area contributed by atoms with Crippen molar-refractivity contribution in [3.8, 4) is 5.75 Å². The van der Waals surface area contributed by atoms with Gasteiger partial charge in [-0.3, -0.25) is 9.36 Å². The highest BCUT2D eigenvalue weighted by molar-refractivity contribution is 7.70. The maximum absolute atomic E-state index is 11.2. The van der Waals surface area contributed by atoms with E-state index in [1.54, 1.807) is 19.2 Å². The SMILES string of the molecule is COc1ccc(CCOP(=O)(O)C(C)=O)cc1. The minimum absolute atomic E-state index is 0.0275. The van der Waals surface area contributed by atoms with Crippen LogP contribution in [0.2, 0.25) is 0 Å². The van der Waals surface area contributed by atoms with E-state index in [4.69, 9.17) is 9.63 Å². The lowest BCUT2D eigenvalue weighted by Gasteiger charge is -2.08. The first kappa shape index (κ1) is 13.9. The maximum Gasteiger partial charge on any atom is 0.393 e. The van der Waals surface area contributed by atoms with Gasteiger partial charge in [0.15, 0.2) is 0 Å². The van der Waals surface area contributed by atoms with Gasteiger partial charge in [-0.15, -0.1) is 0 Å². The Kier molecular flexibility index (Phi) is 4.87. The first-order valence-corrected chi connectivity index (χ1v) is 6.65. The second-order valence-corrected chi connectivity index (χ2v) is 5.40. The zero-order valence-electron chi connectivity index (χ0n) is 9.75. The van der Waals surface area contributed by atoms with Crippen molar-refractivity contribution in [3.05, 3.63) is 29.8 Å². The van der Waals surface area contributed by atoms with Crippen molar-refractivity contribution in [3.63, 3.8) is 0 Å². The van der Waals surface area contributed by atoms with E-state index in [1.807, 2.05) is 12.1 Å². The summed E-state index contributed by atoms with van der Waals surface area (Å²) in [6.07, 6.45) is 0.460. The molecule has 0 aliphatic heterocycles. The van der Waals surface area contributed by atoms with Crippen LogP contribution in [-0.4, -0.2) is 24.1 Å². The van der Waals surface area contributed by atoms with Crippen LogP contribution in [0, 0.1) is 0 Å². The molecule has 6 heteroatoms. The molecular formula is C11H15O5P. The van der Waals surface area contributed by atoms with E-state index in [2.05, 4.69) is 4.52 Å². The van der Waals surface area contributed by atoms with Crippen molar-refractivity contribution in [2.24, 2.45) is 0 Å². The van der Waals surface area contributed by atoms with Gasteiger partial charge >= 0.3 is 7.60 Å². The predicted octanol–water partition coefficient (Wildman–Crippen LogP) is 1.99. The molecule has 0 fully saturated rings. The smallest absolute Gasteiger partial charge is 0.393 e. The molecular weight excluding hydrogens is 243 g/mol. The zero-order chi connectivity index (χ0) is 12.9. The van der Waals surface area contributed by atoms with Crippen LogP contribution in [0.4, 0.5) is 0 Å². The molecule has 0 aromatic heterocycles. The summed E-state index contributed by atoms with van der Waals surface area (Å²) < 4.78 is 20.8. The molecule has 0 aliphatic rings. The van der Waals surface area contributed by atoms with E-state index in [1.165, 1.54) is 0 Å². The summed E-state index contributed by atoms with van der Waals surface area (Å²) in [7, 11) is -2.50. The van der Waals surface area contributed by atoms with E-state index in [0.29, 0.717) is 6.42 Å². The molecule has 0 amide bonds. The Labute approximate surface area is 99.9 Å². The number of rotatable bonds is 6. The van der Waals surface area contributed by atoms with Gasteiger partial charge in [0, 0.05) is 6.92 Å². The number of carbonyl (C=O) groups excluding carboxylic acids is 1. The summed E-state index contributed by atoms with van der Waals surface area (Å²) >= 11 is 0. The third kappa shape index (κ3) is 4.30. The van der Waals surface area contributed by atoms with Crippen molar-refractivity contribution in [1.29, 1.82) is 0 Å². The molecule has 5 nitrogen and oxygen atoms in total. The lowest BCUT2D eigenvalue weighted by Crippen LogP contribution is -2.02. The predicted molar refractivity (Wildman–Crippen MR) is 63.2 cm³/mol. The number of ether oxygens (including phenoxy) is 1. The monoisotopic (exact) mass is 258 g/mol. The molecule has 0 saturated carbocycles. The third-order valence-corrected chi connectivity index (χ3v) is 3.54. The lowest BCUT2D eigenvalue weighted by molar-refractivity contribution is -0.111. The molecule has 1 aromatic carbocycles. The normalized spacial score (nSPS) is 14.1. The van der Waals surface area contributed by atoms with E-state index in [0.717, 1.165) is 18.2 Å². The Bertz CT molecular complexity index is 426. The number of benzene rings is 1. The summed E-state index contributed by atoms with van der Waals surface area (Å²) in [5.41, 5.74) is 0.0987. The maximum atomic E-state index is 11.2. The van der Waals surface area contributed by atoms with Crippen molar-refractivity contribution < 1.29 is 23.5 Å². The van der Waals surface area contributed by atoms with Gasteiger partial charge in [-0.2, -0.15) is 0 Å². The first-order valence-electron chi connectivity index (χ1n) is 5.07. The minimum Gasteiger partial charge on any atom is -0.497 e. The molecule has 1 aromatic rings. The molecule has 0 aliphatic carbocycles.